The van der Waals surface area contributed by atoms with Gasteiger partial charge in [0.2, 0.25) is 5.88 Å². The van der Waals surface area contributed by atoms with Crippen molar-refractivity contribution < 1.29 is 23.0 Å². The van der Waals surface area contributed by atoms with E-state index in [1.54, 1.807) is 7.11 Å². The summed E-state index contributed by atoms with van der Waals surface area (Å²) >= 11 is 12.4. The average Bonchev–Trinajstić information content (AvgIpc) is 2.98. The molecule has 1 aliphatic rings. The van der Waals surface area contributed by atoms with Crippen LogP contribution in [0, 0.1) is 0 Å². The van der Waals surface area contributed by atoms with Crippen molar-refractivity contribution in [2.75, 3.05) is 32.1 Å². The Bertz CT molecular complexity index is 1490. The molecule has 0 amide bonds. The summed E-state index contributed by atoms with van der Waals surface area (Å²) in [6.07, 6.45) is 2.28. The van der Waals surface area contributed by atoms with Crippen LogP contribution in [0.3, 0.4) is 0 Å². The van der Waals surface area contributed by atoms with E-state index in [4.69, 9.17) is 32.9 Å². The topological polar surface area (TPSA) is 57.6 Å². The fourth-order valence-corrected chi connectivity index (χ4v) is 6.53. The lowest BCUT2D eigenvalue weighted by atomic mass is 9.83. The first-order chi connectivity index (χ1) is 20.6. The standard InChI is InChI=1S/C32H32Cl2F3N3O2S/c1-42-29-19-28(38-26-12-14-40(15-13-26)43-32(35,36)37)27-18-23(17-22(3-2-16-41)31(27)39-29)30(20-4-8-24(33)9-5-20)21-6-10-25(34)11-7-21/h4-11,17-19,26,30,41H,2-3,12-16H2,1H3,(H,38,39). The molecular formula is C32H32Cl2F3N3O2S. The maximum atomic E-state index is 12.9. The summed E-state index contributed by atoms with van der Waals surface area (Å²) in [7, 11) is 1.56. The van der Waals surface area contributed by atoms with Gasteiger partial charge in [0.15, 0.2) is 0 Å². The molecule has 3 aromatic carbocycles. The molecule has 0 bridgehead atoms. The van der Waals surface area contributed by atoms with Crippen LogP contribution in [0.4, 0.5) is 18.9 Å². The second-order valence-electron chi connectivity index (χ2n) is 10.5. The van der Waals surface area contributed by atoms with Crippen molar-refractivity contribution in [2.45, 2.75) is 43.2 Å². The number of methoxy groups -OCH3 is 1. The maximum Gasteiger partial charge on any atom is 0.456 e. The number of anilines is 1. The van der Waals surface area contributed by atoms with Crippen molar-refractivity contribution in [3.8, 4) is 5.88 Å². The van der Waals surface area contributed by atoms with Crippen LogP contribution in [0.1, 0.15) is 47.4 Å². The van der Waals surface area contributed by atoms with Crippen LogP contribution in [-0.2, 0) is 6.42 Å². The number of pyridine rings is 1. The fourth-order valence-electron chi connectivity index (χ4n) is 5.60. The molecule has 1 saturated heterocycles. The third-order valence-electron chi connectivity index (χ3n) is 7.59. The lowest BCUT2D eigenvalue weighted by Crippen LogP contribution is -2.37. The van der Waals surface area contributed by atoms with Crippen LogP contribution >= 0.6 is 35.1 Å². The highest BCUT2D eigenvalue weighted by Gasteiger charge is 2.34. The average molecular weight is 651 g/mol. The van der Waals surface area contributed by atoms with Crippen molar-refractivity contribution in [1.82, 2.24) is 9.29 Å². The highest BCUT2D eigenvalue weighted by molar-refractivity contribution is 7.97. The van der Waals surface area contributed by atoms with E-state index in [1.165, 1.54) is 4.31 Å². The first-order valence-electron chi connectivity index (χ1n) is 14.0. The number of halogens is 5. The van der Waals surface area contributed by atoms with E-state index in [2.05, 4.69) is 17.4 Å². The van der Waals surface area contributed by atoms with Crippen LogP contribution in [0.2, 0.25) is 10.0 Å². The lowest BCUT2D eigenvalue weighted by Gasteiger charge is -2.32. The number of alkyl halides is 3. The Kier molecular flexibility index (Phi) is 10.3. The van der Waals surface area contributed by atoms with Gasteiger partial charge >= 0.3 is 5.51 Å². The second-order valence-corrected chi connectivity index (χ2v) is 12.6. The van der Waals surface area contributed by atoms with Crippen molar-refractivity contribution >= 4 is 51.7 Å². The molecule has 0 aliphatic carbocycles. The monoisotopic (exact) mass is 649 g/mol. The summed E-state index contributed by atoms with van der Waals surface area (Å²) in [6.45, 7) is 0.682. The van der Waals surface area contributed by atoms with Crippen molar-refractivity contribution in [3.05, 3.63) is 99.0 Å². The van der Waals surface area contributed by atoms with E-state index < -0.39 is 5.51 Å². The van der Waals surface area contributed by atoms with Crippen LogP contribution in [0.15, 0.2) is 66.7 Å². The molecule has 11 heteroatoms. The molecule has 0 radical (unpaired) electrons. The second kappa shape index (κ2) is 13.9. The number of nitrogens with one attached hydrogen (secondary N) is 1. The number of aliphatic hydroxyl groups is 1. The van der Waals surface area contributed by atoms with E-state index in [1.807, 2.05) is 54.6 Å². The van der Waals surface area contributed by atoms with Gasteiger partial charge in [-0.25, -0.2) is 9.29 Å². The van der Waals surface area contributed by atoms with Crippen molar-refractivity contribution in [3.63, 3.8) is 0 Å². The van der Waals surface area contributed by atoms with E-state index >= 15 is 0 Å². The summed E-state index contributed by atoms with van der Waals surface area (Å²) in [6, 6.07) is 21.6. The first-order valence-corrected chi connectivity index (χ1v) is 15.6. The molecule has 5 rings (SSSR count). The van der Waals surface area contributed by atoms with Crippen molar-refractivity contribution in [2.24, 2.45) is 0 Å². The molecule has 43 heavy (non-hydrogen) atoms. The third kappa shape index (κ3) is 8.08. The summed E-state index contributed by atoms with van der Waals surface area (Å²) in [5.74, 6) is 0.286. The zero-order valence-corrected chi connectivity index (χ0v) is 25.8. The molecule has 1 aromatic heterocycles. The number of benzene rings is 3. The van der Waals surface area contributed by atoms with Crippen LogP contribution in [0.5, 0.6) is 5.88 Å². The summed E-state index contributed by atoms with van der Waals surface area (Å²) in [5, 5.41) is 15.5. The minimum Gasteiger partial charge on any atom is -0.481 e. The fraction of sp³-hybridized carbons (Fsp3) is 0.344. The molecule has 2 N–H and O–H groups in total. The number of nitrogens with zero attached hydrogens (tertiary/aromatic N) is 2. The molecule has 2 heterocycles. The van der Waals surface area contributed by atoms with E-state index in [-0.39, 0.29) is 30.5 Å². The van der Waals surface area contributed by atoms with E-state index in [0.29, 0.717) is 54.7 Å². The Morgan fingerprint density at radius 3 is 2.12 bits per heavy atom. The Morgan fingerprint density at radius 1 is 0.977 bits per heavy atom. The number of hydrogen-bond donors (Lipinski definition) is 2. The highest BCUT2D eigenvalue weighted by atomic mass is 35.5. The van der Waals surface area contributed by atoms with E-state index in [0.717, 1.165) is 38.8 Å². The lowest BCUT2D eigenvalue weighted by molar-refractivity contribution is -0.0366. The smallest absolute Gasteiger partial charge is 0.456 e. The Morgan fingerprint density at radius 2 is 1.58 bits per heavy atom. The molecule has 0 spiro atoms. The van der Waals surface area contributed by atoms with Gasteiger partial charge in [-0.05, 0) is 78.3 Å². The Hall–Kier alpha value is -2.69. The molecule has 0 unspecified atom stereocenters. The van der Waals surface area contributed by atoms with Gasteiger partial charge in [-0.1, -0.05) is 53.5 Å². The third-order valence-corrected chi connectivity index (χ3v) is 8.93. The quantitative estimate of drug-likeness (QED) is 0.132. The number of fused-ring (bicyclic) bond motifs is 1. The van der Waals surface area contributed by atoms with Crippen LogP contribution < -0.4 is 10.1 Å². The van der Waals surface area contributed by atoms with Crippen LogP contribution in [-0.4, -0.2) is 52.8 Å². The molecule has 0 saturated carbocycles. The molecule has 1 aliphatic heterocycles. The molecule has 228 valence electrons. The predicted molar refractivity (Wildman–Crippen MR) is 169 cm³/mol. The number of piperidine rings is 1. The largest absolute Gasteiger partial charge is 0.481 e. The normalized spacial score (nSPS) is 14.9. The molecule has 4 aromatic rings. The summed E-state index contributed by atoms with van der Waals surface area (Å²) in [5.41, 5.74) is 1.36. The van der Waals surface area contributed by atoms with E-state index in [9.17, 15) is 18.3 Å². The molecule has 1 fully saturated rings. The maximum absolute atomic E-state index is 12.9. The van der Waals surface area contributed by atoms with Gasteiger partial charge in [-0.3, -0.25) is 0 Å². The van der Waals surface area contributed by atoms with Gasteiger partial charge in [-0.15, -0.1) is 0 Å². The highest BCUT2D eigenvalue weighted by Crippen LogP contribution is 2.40. The molecular weight excluding hydrogens is 618 g/mol. The zero-order valence-electron chi connectivity index (χ0n) is 23.5. The van der Waals surface area contributed by atoms with Gasteiger partial charge in [0, 0.05) is 70.8 Å². The van der Waals surface area contributed by atoms with Crippen molar-refractivity contribution in [1.29, 1.82) is 0 Å². The molecule has 5 nitrogen and oxygen atoms in total. The first kappa shape index (κ1) is 31.7. The Labute approximate surface area is 263 Å². The minimum absolute atomic E-state index is 0.0201. The molecule has 0 atom stereocenters. The van der Waals surface area contributed by atoms with Gasteiger partial charge < -0.3 is 15.2 Å². The number of aliphatic hydroxyl groups excluding tert-OH is 1. The van der Waals surface area contributed by atoms with Gasteiger partial charge in [-0.2, -0.15) is 13.2 Å². The summed E-state index contributed by atoms with van der Waals surface area (Å²) < 4.78 is 45.7. The number of rotatable bonds is 10. The van der Waals surface area contributed by atoms with Gasteiger partial charge in [0.1, 0.15) is 0 Å². The Balaban J connectivity index is 1.60. The predicted octanol–water partition coefficient (Wildman–Crippen LogP) is 8.70. The SMILES string of the molecule is COc1cc(NC2CCN(SC(F)(F)F)CC2)c2cc(C(c3ccc(Cl)cc3)c3ccc(Cl)cc3)cc(CCCO)c2n1. The minimum atomic E-state index is -4.29. The number of ether oxygens (including phenoxy) is 1. The number of hydrogen-bond acceptors (Lipinski definition) is 6. The van der Waals surface area contributed by atoms with Gasteiger partial charge in [0.05, 0.1) is 12.6 Å². The number of aromatic nitrogens is 1. The summed E-state index contributed by atoms with van der Waals surface area (Å²) in [4.78, 5) is 4.81. The zero-order chi connectivity index (χ0) is 30.6. The van der Waals surface area contributed by atoms with Gasteiger partial charge in [0.25, 0.3) is 0 Å². The van der Waals surface area contributed by atoms with Crippen LogP contribution in [0.25, 0.3) is 10.9 Å². The number of aryl methyl sites for hydroxylation is 1.